The maximum Gasteiger partial charge on any atom is 0.129 e. The molecular weight excluding hydrogens is 292 g/mol. The van der Waals surface area contributed by atoms with Crippen molar-refractivity contribution in [3.05, 3.63) is 84.4 Å². The fourth-order valence-electron chi connectivity index (χ4n) is 3.18. The minimum absolute atomic E-state index is 0.112. The summed E-state index contributed by atoms with van der Waals surface area (Å²) in [5, 5.41) is 11.3. The van der Waals surface area contributed by atoms with Gasteiger partial charge >= 0.3 is 0 Å². The Hall–Kier alpha value is -1.71. The van der Waals surface area contributed by atoms with Crippen LogP contribution in [0, 0.1) is 0 Å². The number of rotatable bonds is 5. The van der Waals surface area contributed by atoms with E-state index in [4.69, 9.17) is 0 Å². The fraction of sp³-hybridized carbons (Fsp3) is 0.263. The van der Waals surface area contributed by atoms with Crippen LogP contribution in [0.2, 0.25) is 0 Å². The van der Waals surface area contributed by atoms with Crippen molar-refractivity contribution in [3.63, 3.8) is 0 Å². The second-order valence-electron chi connectivity index (χ2n) is 5.70. The van der Waals surface area contributed by atoms with E-state index in [1.165, 1.54) is 0 Å². The summed E-state index contributed by atoms with van der Waals surface area (Å²) in [5.74, 6) is 0. The number of hydrogen-bond acceptors (Lipinski definition) is 2. The first-order chi connectivity index (χ1) is 10.7. The summed E-state index contributed by atoms with van der Waals surface area (Å²) in [6.07, 6.45) is 3.30. The van der Waals surface area contributed by atoms with Gasteiger partial charge in [0, 0.05) is 16.0 Å². The zero-order chi connectivity index (χ0) is 15.6. The molecule has 1 N–H and O–H groups in total. The van der Waals surface area contributed by atoms with Crippen LogP contribution in [-0.2, 0) is 16.4 Å². The average Bonchev–Trinajstić information content (AvgIpc) is 2.59. The van der Waals surface area contributed by atoms with Crippen LogP contribution < -0.4 is 0 Å². The largest absolute Gasteiger partial charge is 0.379 e. The third-order valence-electron chi connectivity index (χ3n) is 4.41. The van der Waals surface area contributed by atoms with Crippen LogP contribution in [0.5, 0.6) is 0 Å². The molecule has 2 aromatic rings. The summed E-state index contributed by atoms with van der Waals surface area (Å²) in [7, 11) is -1.06. The first-order valence-electron chi connectivity index (χ1n) is 7.51. The standard InChI is InChI=1S/C19H20O2S/c1-2-9-17-14-18(22(17)21)19(20,15-10-5-3-6-11-15)16-12-7-4-8-13-16/h2-8,10-13,17-18,20H,1,9,14H2/t17-,18+,22?/m1/s1. The lowest BCUT2D eigenvalue weighted by molar-refractivity contribution is 0.0675. The van der Waals surface area contributed by atoms with Crippen molar-refractivity contribution in [2.24, 2.45) is 0 Å². The quantitative estimate of drug-likeness (QED) is 0.859. The lowest BCUT2D eigenvalue weighted by Crippen LogP contribution is -2.54. The predicted molar refractivity (Wildman–Crippen MR) is 91.0 cm³/mol. The molecule has 0 aliphatic carbocycles. The third-order valence-corrected chi connectivity index (χ3v) is 6.55. The monoisotopic (exact) mass is 312 g/mol. The van der Waals surface area contributed by atoms with Gasteiger partial charge in [0.1, 0.15) is 5.60 Å². The van der Waals surface area contributed by atoms with Gasteiger partial charge in [-0.3, -0.25) is 4.21 Å². The van der Waals surface area contributed by atoms with Crippen LogP contribution in [0.4, 0.5) is 0 Å². The van der Waals surface area contributed by atoms with Crippen LogP contribution in [0.1, 0.15) is 24.0 Å². The molecule has 0 spiro atoms. The van der Waals surface area contributed by atoms with Gasteiger partial charge in [0.05, 0.1) is 5.25 Å². The SMILES string of the molecule is C=CC[C@@H]1C[C@@H](C(O)(c2ccccc2)c2ccccc2)S1=O. The Bertz CT molecular complexity index is 627. The Morgan fingerprint density at radius 3 is 2.00 bits per heavy atom. The smallest absolute Gasteiger partial charge is 0.129 e. The van der Waals surface area contributed by atoms with Gasteiger partial charge in [0.25, 0.3) is 0 Å². The number of aliphatic hydroxyl groups is 1. The van der Waals surface area contributed by atoms with Crippen molar-refractivity contribution in [2.75, 3.05) is 0 Å². The van der Waals surface area contributed by atoms with Crippen LogP contribution in [0.25, 0.3) is 0 Å². The molecule has 0 radical (unpaired) electrons. The van der Waals surface area contributed by atoms with Crippen LogP contribution in [0.3, 0.4) is 0 Å². The Morgan fingerprint density at radius 1 is 1.09 bits per heavy atom. The van der Waals surface area contributed by atoms with Gasteiger partial charge in [-0.05, 0) is 24.0 Å². The summed E-state index contributed by atoms with van der Waals surface area (Å²) < 4.78 is 12.6. The second kappa shape index (κ2) is 6.19. The minimum Gasteiger partial charge on any atom is -0.379 e. The van der Waals surface area contributed by atoms with Crippen molar-refractivity contribution in [1.29, 1.82) is 0 Å². The molecule has 1 aliphatic heterocycles. The van der Waals surface area contributed by atoms with E-state index in [0.717, 1.165) is 24.0 Å². The predicted octanol–water partition coefficient (Wildman–Crippen LogP) is 3.39. The van der Waals surface area contributed by atoms with E-state index in [9.17, 15) is 9.32 Å². The molecule has 3 heteroatoms. The van der Waals surface area contributed by atoms with Gasteiger partial charge in [0.15, 0.2) is 0 Å². The van der Waals surface area contributed by atoms with Crippen LogP contribution in [-0.4, -0.2) is 19.8 Å². The van der Waals surface area contributed by atoms with E-state index in [-0.39, 0.29) is 10.5 Å². The first kappa shape index (κ1) is 15.2. The molecule has 114 valence electrons. The zero-order valence-electron chi connectivity index (χ0n) is 12.4. The van der Waals surface area contributed by atoms with E-state index >= 15 is 0 Å². The van der Waals surface area contributed by atoms with Gasteiger partial charge in [0.2, 0.25) is 0 Å². The van der Waals surface area contributed by atoms with Crippen molar-refractivity contribution in [1.82, 2.24) is 0 Å². The van der Waals surface area contributed by atoms with Crippen LogP contribution >= 0.6 is 0 Å². The Balaban J connectivity index is 2.02. The molecule has 0 amide bonds. The Kier molecular flexibility index (Phi) is 4.27. The van der Waals surface area contributed by atoms with E-state index in [2.05, 4.69) is 6.58 Å². The highest BCUT2D eigenvalue weighted by atomic mass is 32.2. The summed E-state index contributed by atoms with van der Waals surface area (Å²) in [4.78, 5) is 0. The average molecular weight is 312 g/mol. The highest BCUT2D eigenvalue weighted by molar-refractivity contribution is 7.87. The molecule has 0 saturated carbocycles. The lowest BCUT2D eigenvalue weighted by atomic mass is 9.81. The lowest BCUT2D eigenvalue weighted by Gasteiger charge is -2.45. The molecule has 0 aromatic heterocycles. The maximum atomic E-state index is 12.6. The third kappa shape index (κ3) is 2.44. The second-order valence-corrected chi connectivity index (χ2v) is 7.59. The van der Waals surface area contributed by atoms with Gasteiger partial charge in [-0.15, -0.1) is 6.58 Å². The highest BCUT2D eigenvalue weighted by Gasteiger charge is 2.52. The van der Waals surface area contributed by atoms with Crippen molar-refractivity contribution in [2.45, 2.75) is 28.9 Å². The zero-order valence-corrected chi connectivity index (χ0v) is 13.2. The fourth-order valence-corrected chi connectivity index (χ4v) is 5.02. The summed E-state index contributed by atoms with van der Waals surface area (Å²) in [5.41, 5.74) is 0.401. The summed E-state index contributed by atoms with van der Waals surface area (Å²) >= 11 is 0. The van der Waals surface area contributed by atoms with E-state index in [0.29, 0.717) is 0 Å². The molecule has 1 unspecified atom stereocenters. The van der Waals surface area contributed by atoms with Crippen molar-refractivity contribution < 1.29 is 9.32 Å². The molecule has 1 fully saturated rings. The minimum atomic E-state index is -1.20. The van der Waals surface area contributed by atoms with Crippen LogP contribution in [0.15, 0.2) is 73.3 Å². The molecular formula is C19H20O2S. The normalized spacial score (nSPS) is 24.5. The van der Waals surface area contributed by atoms with Crippen molar-refractivity contribution >= 4 is 10.8 Å². The van der Waals surface area contributed by atoms with E-state index < -0.39 is 16.4 Å². The van der Waals surface area contributed by atoms with Gasteiger partial charge in [-0.25, -0.2) is 0 Å². The molecule has 2 nitrogen and oxygen atoms in total. The molecule has 1 aliphatic rings. The number of allylic oxidation sites excluding steroid dienone is 1. The van der Waals surface area contributed by atoms with Gasteiger partial charge in [-0.1, -0.05) is 66.7 Å². The molecule has 2 aromatic carbocycles. The molecule has 1 saturated heterocycles. The Morgan fingerprint density at radius 2 is 1.59 bits per heavy atom. The summed E-state index contributed by atoms with van der Waals surface area (Å²) in [6, 6.07) is 19.1. The molecule has 3 atom stereocenters. The molecule has 1 heterocycles. The number of benzene rings is 2. The van der Waals surface area contributed by atoms with E-state index in [1.54, 1.807) is 0 Å². The summed E-state index contributed by atoms with van der Waals surface area (Å²) in [6.45, 7) is 3.72. The van der Waals surface area contributed by atoms with Gasteiger partial charge < -0.3 is 5.11 Å². The first-order valence-corrected chi connectivity index (χ1v) is 8.79. The highest BCUT2D eigenvalue weighted by Crippen LogP contribution is 2.44. The topological polar surface area (TPSA) is 37.3 Å². The maximum absolute atomic E-state index is 12.6. The van der Waals surface area contributed by atoms with Crippen molar-refractivity contribution in [3.8, 4) is 0 Å². The molecule has 22 heavy (non-hydrogen) atoms. The van der Waals surface area contributed by atoms with E-state index in [1.807, 2.05) is 66.7 Å². The number of hydrogen-bond donors (Lipinski definition) is 1. The molecule has 0 bridgehead atoms. The molecule has 3 rings (SSSR count). The van der Waals surface area contributed by atoms with Gasteiger partial charge in [-0.2, -0.15) is 0 Å². The Labute approximate surface area is 134 Å².